The van der Waals surface area contributed by atoms with Crippen LogP contribution in [0.25, 0.3) is 0 Å². The van der Waals surface area contributed by atoms with Crippen molar-refractivity contribution >= 4 is 21.8 Å². The number of nitrogens with one attached hydrogen (secondary N) is 1. The number of pyridine rings is 1. The molecule has 1 amide bonds. The first-order chi connectivity index (χ1) is 10.7. The van der Waals surface area contributed by atoms with Crippen LogP contribution in [0.15, 0.2) is 41.1 Å². The number of amides is 1. The topological polar surface area (TPSA) is 60.5 Å². The highest BCUT2D eigenvalue weighted by molar-refractivity contribution is 9.10. The highest BCUT2D eigenvalue weighted by Crippen LogP contribution is 2.30. The summed E-state index contributed by atoms with van der Waals surface area (Å²) in [5, 5.41) is 2.88. The van der Waals surface area contributed by atoms with E-state index in [0.717, 1.165) is 28.0 Å². The lowest BCUT2D eigenvalue weighted by atomic mass is 10.1. The van der Waals surface area contributed by atoms with Gasteiger partial charge in [-0.1, -0.05) is 6.07 Å². The lowest BCUT2D eigenvalue weighted by Gasteiger charge is -2.18. The average molecular weight is 363 g/mol. The van der Waals surface area contributed by atoms with Crippen molar-refractivity contribution in [1.29, 1.82) is 0 Å². The van der Waals surface area contributed by atoms with Crippen molar-refractivity contribution in [3.05, 3.63) is 52.3 Å². The third kappa shape index (κ3) is 3.57. The van der Waals surface area contributed by atoms with Gasteiger partial charge in [-0.3, -0.25) is 9.78 Å². The molecular formula is C16H15BrN2O3. The van der Waals surface area contributed by atoms with E-state index in [1.807, 2.05) is 18.2 Å². The summed E-state index contributed by atoms with van der Waals surface area (Å²) in [7, 11) is 0. The van der Waals surface area contributed by atoms with E-state index in [1.165, 1.54) is 0 Å². The third-order valence-electron chi connectivity index (χ3n) is 3.27. The zero-order chi connectivity index (χ0) is 15.4. The molecule has 0 saturated carbocycles. The molecule has 6 heteroatoms. The fraction of sp³-hybridized carbons (Fsp3) is 0.250. The van der Waals surface area contributed by atoms with Crippen molar-refractivity contribution in [2.45, 2.75) is 6.42 Å². The second-order valence-corrected chi connectivity index (χ2v) is 5.79. The van der Waals surface area contributed by atoms with E-state index in [0.29, 0.717) is 25.3 Å². The molecule has 0 radical (unpaired) electrons. The molecule has 5 nitrogen and oxygen atoms in total. The molecule has 3 rings (SSSR count). The second kappa shape index (κ2) is 6.79. The Labute approximate surface area is 136 Å². The summed E-state index contributed by atoms with van der Waals surface area (Å²) in [6.07, 6.45) is 3.92. The Bertz CT molecular complexity index is 691. The Hall–Kier alpha value is -2.08. The molecule has 0 unspecified atom stereocenters. The maximum Gasteiger partial charge on any atom is 0.252 e. The average Bonchev–Trinajstić information content (AvgIpc) is 2.54. The van der Waals surface area contributed by atoms with E-state index in [4.69, 9.17) is 9.47 Å². The molecular weight excluding hydrogens is 348 g/mol. The molecule has 0 saturated heterocycles. The Kier molecular flexibility index (Phi) is 4.58. The number of aromatic nitrogens is 1. The van der Waals surface area contributed by atoms with Crippen molar-refractivity contribution in [3.8, 4) is 11.5 Å². The van der Waals surface area contributed by atoms with Crippen molar-refractivity contribution in [2.75, 3.05) is 19.8 Å². The number of hydrogen-bond acceptors (Lipinski definition) is 4. The Balaban J connectivity index is 1.56. The van der Waals surface area contributed by atoms with Crippen LogP contribution in [0.3, 0.4) is 0 Å². The number of hydrogen-bond donors (Lipinski definition) is 1. The molecule has 22 heavy (non-hydrogen) atoms. The summed E-state index contributed by atoms with van der Waals surface area (Å²) in [5.41, 5.74) is 1.63. The zero-order valence-corrected chi connectivity index (χ0v) is 13.4. The standard InChI is InChI=1S/C16H15BrN2O3/c17-13-8-12(9-18-10-13)16(20)19-4-3-11-1-2-14-15(7-11)22-6-5-21-14/h1-2,7-10H,3-6H2,(H,19,20). The quantitative estimate of drug-likeness (QED) is 0.907. The molecule has 1 aliphatic heterocycles. The Morgan fingerprint density at radius 3 is 2.82 bits per heavy atom. The van der Waals surface area contributed by atoms with Gasteiger partial charge in [0.1, 0.15) is 13.2 Å². The van der Waals surface area contributed by atoms with Crippen LogP contribution in [0.5, 0.6) is 11.5 Å². The van der Waals surface area contributed by atoms with E-state index >= 15 is 0 Å². The predicted molar refractivity (Wildman–Crippen MR) is 85.4 cm³/mol. The minimum Gasteiger partial charge on any atom is -0.486 e. The summed E-state index contributed by atoms with van der Waals surface area (Å²) < 4.78 is 11.8. The molecule has 1 aromatic carbocycles. The van der Waals surface area contributed by atoms with E-state index in [-0.39, 0.29) is 5.91 Å². The van der Waals surface area contributed by atoms with Gasteiger partial charge in [0.15, 0.2) is 11.5 Å². The highest BCUT2D eigenvalue weighted by Gasteiger charge is 2.12. The van der Waals surface area contributed by atoms with E-state index in [2.05, 4.69) is 26.2 Å². The maximum atomic E-state index is 12.0. The Morgan fingerprint density at radius 2 is 2.00 bits per heavy atom. The van der Waals surface area contributed by atoms with Gasteiger partial charge in [-0.25, -0.2) is 0 Å². The van der Waals surface area contributed by atoms with Gasteiger partial charge in [0.05, 0.1) is 5.56 Å². The van der Waals surface area contributed by atoms with Crippen LogP contribution in [-0.4, -0.2) is 30.6 Å². The monoisotopic (exact) mass is 362 g/mol. The highest BCUT2D eigenvalue weighted by atomic mass is 79.9. The first-order valence-corrected chi connectivity index (χ1v) is 7.79. The summed E-state index contributed by atoms with van der Waals surface area (Å²) in [4.78, 5) is 16.0. The van der Waals surface area contributed by atoms with Crippen LogP contribution in [0.4, 0.5) is 0 Å². The number of carbonyl (C=O) groups excluding carboxylic acids is 1. The fourth-order valence-electron chi connectivity index (χ4n) is 2.20. The summed E-state index contributed by atoms with van der Waals surface area (Å²) in [6, 6.07) is 7.60. The number of carbonyl (C=O) groups is 1. The number of fused-ring (bicyclic) bond motifs is 1. The van der Waals surface area contributed by atoms with Gasteiger partial charge in [-0.15, -0.1) is 0 Å². The van der Waals surface area contributed by atoms with Crippen molar-refractivity contribution in [2.24, 2.45) is 0 Å². The lowest BCUT2D eigenvalue weighted by Crippen LogP contribution is -2.25. The third-order valence-corrected chi connectivity index (χ3v) is 3.71. The molecule has 1 aromatic heterocycles. The van der Waals surface area contributed by atoms with Crippen molar-refractivity contribution < 1.29 is 14.3 Å². The van der Waals surface area contributed by atoms with Gasteiger partial charge in [-0.05, 0) is 46.1 Å². The molecule has 0 bridgehead atoms. The normalized spacial score (nSPS) is 12.8. The maximum absolute atomic E-state index is 12.0. The van der Waals surface area contributed by atoms with Crippen LogP contribution >= 0.6 is 15.9 Å². The number of nitrogens with zero attached hydrogens (tertiary/aromatic N) is 1. The van der Waals surface area contributed by atoms with Gasteiger partial charge in [-0.2, -0.15) is 0 Å². The first kappa shape index (κ1) is 14.8. The van der Waals surface area contributed by atoms with Gasteiger partial charge < -0.3 is 14.8 Å². The van der Waals surface area contributed by atoms with Crippen molar-refractivity contribution in [1.82, 2.24) is 10.3 Å². The molecule has 1 aliphatic rings. The van der Waals surface area contributed by atoms with E-state index in [1.54, 1.807) is 18.5 Å². The second-order valence-electron chi connectivity index (χ2n) is 4.88. The number of benzene rings is 1. The predicted octanol–water partition coefficient (Wildman–Crippen LogP) is 2.59. The lowest BCUT2D eigenvalue weighted by molar-refractivity contribution is 0.0953. The van der Waals surface area contributed by atoms with Gasteiger partial charge in [0.25, 0.3) is 5.91 Å². The molecule has 2 heterocycles. The molecule has 0 aliphatic carbocycles. The molecule has 0 fully saturated rings. The SMILES string of the molecule is O=C(NCCc1ccc2c(c1)OCCO2)c1cncc(Br)c1. The largest absolute Gasteiger partial charge is 0.486 e. The Morgan fingerprint density at radius 1 is 1.18 bits per heavy atom. The summed E-state index contributed by atoms with van der Waals surface area (Å²) in [5.74, 6) is 1.41. The van der Waals surface area contributed by atoms with Crippen LogP contribution < -0.4 is 14.8 Å². The fourth-order valence-corrected chi connectivity index (χ4v) is 2.57. The minimum atomic E-state index is -0.133. The smallest absolute Gasteiger partial charge is 0.252 e. The molecule has 0 spiro atoms. The molecule has 2 aromatic rings. The van der Waals surface area contributed by atoms with Gasteiger partial charge in [0, 0.05) is 23.4 Å². The number of rotatable bonds is 4. The molecule has 1 N–H and O–H groups in total. The van der Waals surface area contributed by atoms with Gasteiger partial charge >= 0.3 is 0 Å². The summed E-state index contributed by atoms with van der Waals surface area (Å²) in [6.45, 7) is 1.71. The number of halogens is 1. The molecule has 114 valence electrons. The zero-order valence-electron chi connectivity index (χ0n) is 11.8. The van der Waals surface area contributed by atoms with Crippen molar-refractivity contribution in [3.63, 3.8) is 0 Å². The van der Waals surface area contributed by atoms with E-state index in [9.17, 15) is 4.79 Å². The van der Waals surface area contributed by atoms with E-state index < -0.39 is 0 Å². The van der Waals surface area contributed by atoms with Crippen LogP contribution in [0, 0.1) is 0 Å². The van der Waals surface area contributed by atoms with Crippen LogP contribution in [0.2, 0.25) is 0 Å². The first-order valence-electron chi connectivity index (χ1n) is 6.99. The van der Waals surface area contributed by atoms with Crippen LogP contribution in [-0.2, 0) is 6.42 Å². The minimum absolute atomic E-state index is 0.133. The van der Waals surface area contributed by atoms with Crippen LogP contribution in [0.1, 0.15) is 15.9 Å². The summed E-state index contributed by atoms with van der Waals surface area (Å²) >= 11 is 3.30. The molecule has 0 atom stereocenters. The van der Waals surface area contributed by atoms with Gasteiger partial charge in [0.2, 0.25) is 0 Å². The number of ether oxygens (including phenoxy) is 2.